The second-order valence-electron chi connectivity index (χ2n) is 4.85. The average molecular weight is 250 g/mol. The van der Waals surface area contributed by atoms with Crippen LogP contribution < -0.4 is 10.2 Å². The van der Waals surface area contributed by atoms with E-state index in [1.54, 1.807) is 0 Å². The number of aliphatic hydroxyl groups excluding tert-OH is 1. The fourth-order valence-corrected chi connectivity index (χ4v) is 2.18. The van der Waals surface area contributed by atoms with E-state index in [1.807, 2.05) is 12.4 Å². The highest BCUT2D eigenvalue weighted by Crippen LogP contribution is 2.19. The molecule has 0 aromatic carbocycles. The third kappa shape index (κ3) is 3.40. The summed E-state index contributed by atoms with van der Waals surface area (Å²) in [7, 11) is 0. The van der Waals surface area contributed by atoms with Gasteiger partial charge in [0.1, 0.15) is 0 Å². The number of anilines is 1. The molecule has 0 spiro atoms. The highest BCUT2D eigenvalue weighted by Gasteiger charge is 2.23. The van der Waals surface area contributed by atoms with Crippen molar-refractivity contribution in [2.45, 2.75) is 26.3 Å². The van der Waals surface area contributed by atoms with Crippen molar-refractivity contribution in [3.05, 3.63) is 18.0 Å². The Morgan fingerprint density at radius 1 is 1.44 bits per heavy atom. The van der Waals surface area contributed by atoms with E-state index < -0.39 is 0 Å². The molecule has 0 saturated carbocycles. The average Bonchev–Trinajstić information content (AvgIpc) is 2.89. The molecule has 0 bridgehead atoms. The molecular formula is C13H22N4O. The van der Waals surface area contributed by atoms with Gasteiger partial charge < -0.3 is 15.3 Å². The largest absolute Gasteiger partial charge is 0.396 e. The predicted octanol–water partition coefficient (Wildman–Crippen LogP) is 0.795. The van der Waals surface area contributed by atoms with Crippen LogP contribution in [0.4, 0.5) is 5.95 Å². The normalized spacial score (nSPS) is 19.4. The van der Waals surface area contributed by atoms with Crippen molar-refractivity contribution in [3.63, 3.8) is 0 Å². The minimum absolute atomic E-state index is 0.259. The topological polar surface area (TPSA) is 61.3 Å². The second-order valence-corrected chi connectivity index (χ2v) is 4.85. The lowest BCUT2D eigenvalue weighted by Gasteiger charge is -2.15. The summed E-state index contributed by atoms with van der Waals surface area (Å²) < 4.78 is 0. The first kappa shape index (κ1) is 13.2. The monoisotopic (exact) mass is 250 g/mol. The van der Waals surface area contributed by atoms with Gasteiger partial charge in [-0.1, -0.05) is 6.92 Å². The molecule has 1 saturated heterocycles. The summed E-state index contributed by atoms with van der Waals surface area (Å²) in [5.74, 6) is 1.16. The fourth-order valence-electron chi connectivity index (χ4n) is 2.18. The molecule has 5 nitrogen and oxygen atoms in total. The molecule has 2 N–H and O–H groups in total. The van der Waals surface area contributed by atoms with Gasteiger partial charge in [-0.25, -0.2) is 9.97 Å². The van der Waals surface area contributed by atoms with Gasteiger partial charge in [0.15, 0.2) is 0 Å². The summed E-state index contributed by atoms with van der Waals surface area (Å²) in [5, 5.41) is 12.4. The van der Waals surface area contributed by atoms with Crippen LogP contribution in [-0.4, -0.2) is 41.3 Å². The van der Waals surface area contributed by atoms with E-state index in [0.29, 0.717) is 5.92 Å². The van der Waals surface area contributed by atoms with Crippen LogP contribution in [0.2, 0.25) is 0 Å². The number of nitrogens with one attached hydrogen (secondary N) is 1. The van der Waals surface area contributed by atoms with Gasteiger partial charge in [-0.05, 0) is 19.4 Å². The SMILES string of the molecule is CCCNCc1cnc(N2CCC(CO)C2)nc1. The quantitative estimate of drug-likeness (QED) is 0.731. The molecule has 2 rings (SSSR count). The summed E-state index contributed by atoms with van der Waals surface area (Å²) in [6.07, 6.45) is 5.93. The molecule has 2 heterocycles. The summed E-state index contributed by atoms with van der Waals surface area (Å²) in [4.78, 5) is 10.9. The Kier molecular flexibility index (Phi) is 4.90. The van der Waals surface area contributed by atoms with Gasteiger partial charge in [0.25, 0.3) is 0 Å². The van der Waals surface area contributed by atoms with Crippen LogP contribution in [0.3, 0.4) is 0 Å². The number of rotatable bonds is 6. The maximum absolute atomic E-state index is 9.12. The highest BCUT2D eigenvalue weighted by molar-refractivity contribution is 5.31. The zero-order valence-corrected chi connectivity index (χ0v) is 11.0. The van der Waals surface area contributed by atoms with Crippen molar-refractivity contribution in [2.24, 2.45) is 5.92 Å². The van der Waals surface area contributed by atoms with Crippen LogP contribution in [0.15, 0.2) is 12.4 Å². The Balaban J connectivity index is 1.87. The van der Waals surface area contributed by atoms with Gasteiger partial charge in [-0.2, -0.15) is 0 Å². The van der Waals surface area contributed by atoms with Gasteiger partial charge in [0.05, 0.1) is 0 Å². The Morgan fingerprint density at radius 2 is 2.22 bits per heavy atom. The summed E-state index contributed by atoms with van der Waals surface area (Å²) >= 11 is 0. The third-order valence-electron chi connectivity index (χ3n) is 3.27. The van der Waals surface area contributed by atoms with Gasteiger partial charge in [-0.15, -0.1) is 0 Å². The maximum Gasteiger partial charge on any atom is 0.225 e. The van der Waals surface area contributed by atoms with Crippen LogP contribution in [0.1, 0.15) is 25.3 Å². The first-order valence-corrected chi connectivity index (χ1v) is 6.71. The van der Waals surface area contributed by atoms with Crippen molar-refractivity contribution < 1.29 is 5.11 Å². The first-order chi connectivity index (χ1) is 8.83. The number of nitrogens with zero attached hydrogens (tertiary/aromatic N) is 3. The minimum Gasteiger partial charge on any atom is -0.396 e. The molecule has 1 aromatic rings. The molecule has 1 atom stereocenters. The number of aliphatic hydroxyl groups is 1. The fraction of sp³-hybridized carbons (Fsp3) is 0.692. The molecule has 1 aliphatic rings. The lowest BCUT2D eigenvalue weighted by molar-refractivity contribution is 0.238. The predicted molar refractivity (Wildman–Crippen MR) is 71.4 cm³/mol. The van der Waals surface area contributed by atoms with Gasteiger partial charge in [-0.3, -0.25) is 0 Å². The summed E-state index contributed by atoms with van der Waals surface area (Å²) in [6.45, 7) is 6.06. The van der Waals surface area contributed by atoms with E-state index in [0.717, 1.165) is 50.5 Å². The van der Waals surface area contributed by atoms with E-state index in [4.69, 9.17) is 5.11 Å². The number of hydrogen-bond acceptors (Lipinski definition) is 5. The van der Waals surface area contributed by atoms with Crippen LogP contribution in [0.25, 0.3) is 0 Å². The smallest absolute Gasteiger partial charge is 0.225 e. The molecule has 1 unspecified atom stereocenters. The Labute approximate surface area is 108 Å². The molecule has 0 radical (unpaired) electrons. The Bertz CT molecular complexity index is 355. The standard InChI is InChI=1S/C13H22N4O/c1-2-4-14-6-12-7-15-13(16-8-12)17-5-3-11(9-17)10-18/h7-8,11,14,18H,2-6,9-10H2,1H3. The summed E-state index contributed by atoms with van der Waals surface area (Å²) in [6, 6.07) is 0. The molecule has 18 heavy (non-hydrogen) atoms. The molecule has 100 valence electrons. The van der Waals surface area contributed by atoms with Crippen LogP contribution in [-0.2, 0) is 6.54 Å². The second kappa shape index (κ2) is 6.66. The molecule has 5 heteroatoms. The molecular weight excluding hydrogens is 228 g/mol. The van der Waals surface area contributed by atoms with Crippen molar-refractivity contribution in [1.82, 2.24) is 15.3 Å². The molecule has 1 aromatic heterocycles. The molecule has 0 amide bonds. The van der Waals surface area contributed by atoms with Crippen LogP contribution in [0.5, 0.6) is 0 Å². The minimum atomic E-state index is 0.259. The molecule has 1 aliphatic heterocycles. The van der Waals surface area contributed by atoms with Gasteiger partial charge >= 0.3 is 0 Å². The van der Waals surface area contributed by atoms with Crippen molar-refractivity contribution >= 4 is 5.95 Å². The third-order valence-corrected chi connectivity index (χ3v) is 3.27. The zero-order chi connectivity index (χ0) is 12.8. The summed E-state index contributed by atoms with van der Waals surface area (Å²) in [5.41, 5.74) is 1.12. The van der Waals surface area contributed by atoms with E-state index >= 15 is 0 Å². The Morgan fingerprint density at radius 3 is 2.83 bits per heavy atom. The maximum atomic E-state index is 9.12. The number of hydrogen-bond donors (Lipinski definition) is 2. The molecule has 0 aliphatic carbocycles. The van der Waals surface area contributed by atoms with Crippen molar-refractivity contribution in [3.8, 4) is 0 Å². The van der Waals surface area contributed by atoms with E-state index in [1.165, 1.54) is 0 Å². The Hall–Kier alpha value is -1.20. The lowest BCUT2D eigenvalue weighted by atomic mass is 10.1. The first-order valence-electron chi connectivity index (χ1n) is 6.71. The van der Waals surface area contributed by atoms with Crippen molar-refractivity contribution in [2.75, 3.05) is 31.1 Å². The van der Waals surface area contributed by atoms with Gasteiger partial charge in [0.2, 0.25) is 5.95 Å². The number of aromatic nitrogens is 2. The van der Waals surface area contributed by atoms with Gasteiger partial charge in [0, 0.05) is 50.1 Å². The van der Waals surface area contributed by atoms with Crippen LogP contribution in [0, 0.1) is 5.92 Å². The van der Waals surface area contributed by atoms with E-state index in [-0.39, 0.29) is 6.61 Å². The highest BCUT2D eigenvalue weighted by atomic mass is 16.3. The van der Waals surface area contributed by atoms with Crippen LogP contribution >= 0.6 is 0 Å². The van der Waals surface area contributed by atoms with E-state index in [2.05, 4.69) is 27.1 Å². The molecule has 1 fully saturated rings. The van der Waals surface area contributed by atoms with Crippen molar-refractivity contribution in [1.29, 1.82) is 0 Å². The van der Waals surface area contributed by atoms with E-state index in [9.17, 15) is 0 Å². The zero-order valence-electron chi connectivity index (χ0n) is 11.0. The lowest BCUT2D eigenvalue weighted by Crippen LogP contribution is -2.23.